The smallest absolute Gasteiger partial charge is 0.234 e. The van der Waals surface area contributed by atoms with E-state index in [0.29, 0.717) is 5.02 Å². The number of rotatable bonds is 2. The molecule has 2 aromatic carbocycles. The molecule has 1 heterocycles. The Morgan fingerprint density at radius 3 is 2.33 bits per heavy atom. The highest BCUT2D eigenvalue weighted by Crippen LogP contribution is 2.40. The maximum Gasteiger partial charge on any atom is 0.234 e. The van der Waals surface area contributed by atoms with E-state index in [1.807, 2.05) is 48.5 Å². The van der Waals surface area contributed by atoms with E-state index in [0.717, 1.165) is 11.1 Å². The monoisotopic (exact) mass is 299 g/mol. The van der Waals surface area contributed by atoms with Gasteiger partial charge in [-0.05, 0) is 17.2 Å². The summed E-state index contributed by atoms with van der Waals surface area (Å²) in [7, 11) is 0. The molecule has 2 aromatic rings. The van der Waals surface area contributed by atoms with Crippen LogP contribution in [0.2, 0.25) is 5.02 Å². The molecule has 1 N–H and O–H groups in total. The van der Waals surface area contributed by atoms with Gasteiger partial charge in [-0.1, -0.05) is 60.1 Å². The summed E-state index contributed by atoms with van der Waals surface area (Å²) in [5, 5.41) is 3.01. The quantitative estimate of drug-likeness (QED) is 0.865. The van der Waals surface area contributed by atoms with E-state index in [-0.39, 0.29) is 24.2 Å². The van der Waals surface area contributed by atoms with Gasteiger partial charge in [0.15, 0.2) is 0 Å². The van der Waals surface area contributed by atoms with E-state index in [1.165, 1.54) is 0 Å². The molecule has 0 bridgehead atoms. The van der Waals surface area contributed by atoms with Gasteiger partial charge in [0.1, 0.15) is 0 Å². The van der Waals surface area contributed by atoms with Crippen molar-refractivity contribution in [3.8, 4) is 0 Å². The lowest BCUT2D eigenvalue weighted by Gasteiger charge is -2.31. The molecule has 3 rings (SSSR count). The molecule has 0 saturated carbocycles. The molecule has 0 aliphatic carbocycles. The molecule has 2 unspecified atom stereocenters. The van der Waals surface area contributed by atoms with Crippen molar-refractivity contribution in [3.63, 3.8) is 0 Å². The second-order valence-corrected chi connectivity index (χ2v) is 5.54. The van der Waals surface area contributed by atoms with E-state index >= 15 is 0 Å². The zero-order valence-electron chi connectivity index (χ0n) is 11.3. The molecule has 0 aromatic heterocycles. The minimum Gasteiger partial charge on any atom is -0.296 e. The summed E-state index contributed by atoms with van der Waals surface area (Å²) in [5.74, 6) is -1.15. The number of carbonyl (C=O) groups is 2. The van der Waals surface area contributed by atoms with Gasteiger partial charge in [-0.2, -0.15) is 0 Å². The van der Waals surface area contributed by atoms with Gasteiger partial charge < -0.3 is 0 Å². The largest absolute Gasteiger partial charge is 0.296 e. The van der Waals surface area contributed by atoms with Crippen molar-refractivity contribution < 1.29 is 9.59 Å². The SMILES string of the molecule is O=C1CC(c2ccccc2Cl)C(c2ccccc2)C(=O)N1. The molecule has 2 atom stereocenters. The molecule has 2 amide bonds. The molecule has 1 aliphatic rings. The van der Waals surface area contributed by atoms with E-state index < -0.39 is 5.92 Å². The predicted octanol–water partition coefficient (Wildman–Crippen LogP) is 3.25. The van der Waals surface area contributed by atoms with Gasteiger partial charge in [-0.25, -0.2) is 0 Å². The van der Waals surface area contributed by atoms with Crippen LogP contribution in [0.3, 0.4) is 0 Å². The standard InChI is InChI=1S/C17H14ClNO2/c18-14-9-5-4-8-12(14)13-10-15(20)19-17(21)16(13)11-6-2-1-3-7-11/h1-9,13,16H,10H2,(H,19,20,21). The van der Waals surface area contributed by atoms with Crippen LogP contribution in [0.15, 0.2) is 54.6 Å². The minimum absolute atomic E-state index is 0.234. The Morgan fingerprint density at radius 2 is 1.62 bits per heavy atom. The first-order chi connectivity index (χ1) is 10.2. The fourth-order valence-corrected chi connectivity index (χ4v) is 3.15. The Hall–Kier alpha value is -2.13. The van der Waals surface area contributed by atoms with E-state index in [2.05, 4.69) is 5.32 Å². The van der Waals surface area contributed by atoms with Crippen molar-refractivity contribution in [2.45, 2.75) is 18.3 Å². The van der Waals surface area contributed by atoms with Crippen LogP contribution < -0.4 is 5.32 Å². The molecular weight excluding hydrogens is 286 g/mol. The molecular formula is C17H14ClNO2. The number of benzene rings is 2. The minimum atomic E-state index is -0.399. The zero-order chi connectivity index (χ0) is 14.8. The number of nitrogens with one attached hydrogen (secondary N) is 1. The highest BCUT2D eigenvalue weighted by Gasteiger charge is 2.38. The topological polar surface area (TPSA) is 46.2 Å². The highest BCUT2D eigenvalue weighted by atomic mass is 35.5. The van der Waals surface area contributed by atoms with Crippen molar-refractivity contribution in [2.24, 2.45) is 0 Å². The molecule has 0 radical (unpaired) electrons. The number of imide groups is 1. The third-order valence-corrected chi connectivity index (χ3v) is 4.16. The van der Waals surface area contributed by atoms with Crippen LogP contribution in [0.5, 0.6) is 0 Å². The third kappa shape index (κ3) is 2.69. The van der Waals surface area contributed by atoms with Crippen molar-refractivity contribution in [1.82, 2.24) is 5.32 Å². The average Bonchev–Trinajstić information content (AvgIpc) is 2.48. The number of hydrogen-bond donors (Lipinski definition) is 1. The Morgan fingerprint density at radius 1 is 0.952 bits per heavy atom. The second kappa shape index (κ2) is 5.70. The Bertz CT molecular complexity index is 684. The number of halogens is 1. The lowest BCUT2D eigenvalue weighted by Crippen LogP contribution is -2.43. The first-order valence-electron chi connectivity index (χ1n) is 6.80. The fraction of sp³-hybridized carbons (Fsp3) is 0.176. The lowest BCUT2D eigenvalue weighted by atomic mass is 9.76. The number of carbonyl (C=O) groups excluding carboxylic acids is 2. The fourth-order valence-electron chi connectivity index (χ4n) is 2.88. The lowest BCUT2D eigenvalue weighted by molar-refractivity contribution is -0.135. The maximum atomic E-state index is 12.3. The number of hydrogen-bond acceptors (Lipinski definition) is 2. The van der Waals surface area contributed by atoms with Crippen molar-refractivity contribution >= 4 is 23.4 Å². The number of amides is 2. The van der Waals surface area contributed by atoms with Crippen LogP contribution in [0, 0.1) is 0 Å². The summed E-state index contributed by atoms with van der Waals surface area (Å²) >= 11 is 6.26. The van der Waals surface area contributed by atoms with E-state index in [1.54, 1.807) is 6.07 Å². The summed E-state index contributed by atoms with van der Waals surface area (Å²) in [6.45, 7) is 0. The zero-order valence-corrected chi connectivity index (χ0v) is 12.0. The van der Waals surface area contributed by atoms with Crippen LogP contribution >= 0.6 is 11.6 Å². The third-order valence-electron chi connectivity index (χ3n) is 3.82. The number of piperidine rings is 1. The first-order valence-corrected chi connectivity index (χ1v) is 7.17. The van der Waals surface area contributed by atoms with Gasteiger partial charge in [0.25, 0.3) is 0 Å². The molecule has 3 nitrogen and oxygen atoms in total. The molecule has 1 fully saturated rings. The van der Waals surface area contributed by atoms with Gasteiger partial charge in [0.05, 0.1) is 5.92 Å². The predicted molar refractivity (Wildman–Crippen MR) is 81.1 cm³/mol. The van der Waals surface area contributed by atoms with E-state index in [9.17, 15) is 9.59 Å². The van der Waals surface area contributed by atoms with Crippen LogP contribution in [0.25, 0.3) is 0 Å². The van der Waals surface area contributed by atoms with Crippen LogP contribution in [0.4, 0.5) is 0 Å². The van der Waals surface area contributed by atoms with Crippen LogP contribution in [0.1, 0.15) is 29.4 Å². The summed E-state index contributed by atoms with van der Waals surface area (Å²) < 4.78 is 0. The molecule has 1 aliphatic heterocycles. The summed E-state index contributed by atoms with van der Waals surface area (Å²) in [6.07, 6.45) is 0.259. The van der Waals surface area contributed by atoms with Gasteiger partial charge in [-0.15, -0.1) is 0 Å². The average molecular weight is 300 g/mol. The molecule has 0 spiro atoms. The molecule has 4 heteroatoms. The van der Waals surface area contributed by atoms with Crippen LogP contribution in [-0.4, -0.2) is 11.8 Å². The molecule has 21 heavy (non-hydrogen) atoms. The van der Waals surface area contributed by atoms with Crippen LogP contribution in [-0.2, 0) is 9.59 Å². The summed E-state index contributed by atoms with van der Waals surface area (Å²) in [5.41, 5.74) is 1.74. The van der Waals surface area contributed by atoms with Gasteiger partial charge in [0, 0.05) is 17.4 Å². The van der Waals surface area contributed by atoms with Gasteiger partial charge >= 0.3 is 0 Å². The maximum absolute atomic E-state index is 12.3. The van der Waals surface area contributed by atoms with Gasteiger partial charge in [-0.3, -0.25) is 14.9 Å². The Labute approximate surface area is 127 Å². The Balaban J connectivity index is 2.08. The summed E-state index contributed by atoms with van der Waals surface area (Å²) in [4.78, 5) is 24.1. The normalized spacial score (nSPS) is 22.0. The van der Waals surface area contributed by atoms with Gasteiger partial charge in [0.2, 0.25) is 11.8 Å². The summed E-state index contributed by atoms with van der Waals surface area (Å²) in [6, 6.07) is 16.9. The molecule has 1 saturated heterocycles. The first kappa shape index (κ1) is 13.8. The highest BCUT2D eigenvalue weighted by molar-refractivity contribution is 6.31. The Kier molecular flexibility index (Phi) is 3.76. The van der Waals surface area contributed by atoms with E-state index in [4.69, 9.17) is 11.6 Å². The van der Waals surface area contributed by atoms with Crippen molar-refractivity contribution in [2.75, 3.05) is 0 Å². The van der Waals surface area contributed by atoms with Crippen molar-refractivity contribution in [1.29, 1.82) is 0 Å². The second-order valence-electron chi connectivity index (χ2n) is 5.13. The van der Waals surface area contributed by atoms with Crippen molar-refractivity contribution in [3.05, 3.63) is 70.7 Å². The molecule has 106 valence electrons.